The maximum absolute atomic E-state index is 15.7. The zero-order chi connectivity index (χ0) is 26.8. The van der Waals surface area contributed by atoms with E-state index in [9.17, 15) is 21.6 Å². The molecule has 200 valence electrons. The van der Waals surface area contributed by atoms with Crippen molar-refractivity contribution in [2.45, 2.75) is 83.3 Å². The van der Waals surface area contributed by atoms with Crippen LogP contribution < -0.4 is 4.72 Å². The molecule has 4 nitrogen and oxygen atoms in total. The molecule has 0 amide bonds. The van der Waals surface area contributed by atoms with Gasteiger partial charge in [0.2, 0.25) is 10.0 Å². The van der Waals surface area contributed by atoms with Crippen LogP contribution in [-0.2, 0) is 29.4 Å². The van der Waals surface area contributed by atoms with Crippen LogP contribution in [0.5, 0.6) is 0 Å². The number of nitrogens with zero attached hydrogens (tertiary/aromatic N) is 1. The highest BCUT2D eigenvalue weighted by Crippen LogP contribution is 2.42. The molecule has 0 bridgehead atoms. The van der Waals surface area contributed by atoms with Crippen LogP contribution in [0, 0.1) is 11.2 Å². The molecular weight excluding hydrogens is 504 g/mol. The van der Waals surface area contributed by atoms with Crippen molar-refractivity contribution >= 4 is 20.9 Å². The predicted octanol–water partition coefficient (Wildman–Crippen LogP) is 7.06. The van der Waals surface area contributed by atoms with Gasteiger partial charge in [-0.2, -0.15) is 17.9 Å². The van der Waals surface area contributed by atoms with Gasteiger partial charge >= 0.3 is 6.18 Å². The van der Waals surface area contributed by atoms with Gasteiger partial charge in [-0.1, -0.05) is 39.0 Å². The van der Waals surface area contributed by atoms with E-state index in [0.717, 1.165) is 42.9 Å². The van der Waals surface area contributed by atoms with E-state index in [2.05, 4.69) is 6.07 Å². The standard InChI is InChI=1S/C28H32F4N2O2S/c1-27(2,3)16-34-15-23(26(28(30,31)32)33-37(35,36)18-11-12-18)22-13-24(29)21(14-25(22)34)20-10-6-8-17-7-4-5-9-19(17)20/h6,8,10,13-15,18,26,33H,4-5,7,9,11-12,16H2,1-3H3/t26-/m0/s1. The molecule has 0 saturated heterocycles. The van der Waals surface area contributed by atoms with E-state index in [0.29, 0.717) is 30.5 Å². The number of hydrogen-bond acceptors (Lipinski definition) is 2. The average molecular weight is 537 g/mol. The first-order valence-corrected chi connectivity index (χ1v) is 14.3. The van der Waals surface area contributed by atoms with Crippen LogP contribution >= 0.6 is 0 Å². The van der Waals surface area contributed by atoms with Crippen LogP contribution in [0.4, 0.5) is 17.6 Å². The third-order valence-corrected chi connectivity index (χ3v) is 9.13. The third-order valence-electron chi connectivity index (χ3n) is 7.22. The zero-order valence-electron chi connectivity index (χ0n) is 21.3. The summed E-state index contributed by atoms with van der Waals surface area (Å²) in [6.45, 7) is 6.27. The zero-order valence-corrected chi connectivity index (χ0v) is 22.1. The molecular formula is C28H32F4N2O2S. The summed E-state index contributed by atoms with van der Waals surface area (Å²) in [5, 5.41) is -0.746. The predicted molar refractivity (Wildman–Crippen MR) is 137 cm³/mol. The summed E-state index contributed by atoms with van der Waals surface area (Å²) in [6.07, 6.45) is 0.959. The number of fused-ring (bicyclic) bond motifs is 2. The monoisotopic (exact) mass is 536 g/mol. The fourth-order valence-corrected chi connectivity index (χ4v) is 6.93. The van der Waals surface area contributed by atoms with Crippen molar-refractivity contribution in [3.63, 3.8) is 0 Å². The molecule has 0 unspecified atom stereocenters. The van der Waals surface area contributed by atoms with E-state index in [1.165, 1.54) is 11.8 Å². The fraction of sp³-hybridized carbons (Fsp3) is 0.500. The minimum absolute atomic E-state index is 0.0659. The normalized spacial score (nSPS) is 17.7. The maximum Gasteiger partial charge on any atom is 0.408 e. The van der Waals surface area contributed by atoms with Crippen molar-refractivity contribution in [2.75, 3.05) is 0 Å². The molecule has 0 spiro atoms. The molecule has 3 aromatic rings. The van der Waals surface area contributed by atoms with E-state index in [-0.39, 0.29) is 16.4 Å². The van der Waals surface area contributed by atoms with Crippen molar-refractivity contribution < 1.29 is 26.0 Å². The van der Waals surface area contributed by atoms with Gasteiger partial charge in [0, 0.05) is 34.8 Å². The number of rotatable bonds is 6. The number of halogens is 4. The van der Waals surface area contributed by atoms with Gasteiger partial charge in [-0.3, -0.25) is 0 Å². The summed E-state index contributed by atoms with van der Waals surface area (Å²) in [5.74, 6) is -0.618. The molecule has 1 saturated carbocycles. The molecule has 2 aromatic carbocycles. The van der Waals surface area contributed by atoms with Crippen LogP contribution in [0.15, 0.2) is 36.5 Å². The molecule has 1 N–H and O–H groups in total. The third kappa shape index (κ3) is 5.30. The molecule has 5 rings (SSSR count). The van der Waals surface area contributed by atoms with Crippen LogP contribution in [0.3, 0.4) is 0 Å². The maximum atomic E-state index is 15.7. The summed E-state index contributed by atoms with van der Waals surface area (Å²) in [4.78, 5) is 0. The van der Waals surface area contributed by atoms with Crippen molar-refractivity contribution in [3.8, 4) is 11.1 Å². The van der Waals surface area contributed by atoms with Gasteiger partial charge in [0.05, 0.1) is 5.25 Å². The highest BCUT2D eigenvalue weighted by Gasteiger charge is 2.48. The number of alkyl halides is 3. The number of benzene rings is 2. The van der Waals surface area contributed by atoms with Crippen molar-refractivity contribution in [2.24, 2.45) is 5.41 Å². The van der Waals surface area contributed by atoms with Gasteiger partial charge in [0.1, 0.15) is 11.9 Å². The van der Waals surface area contributed by atoms with E-state index in [1.54, 1.807) is 10.6 Å². The molecule has 1 atom stereocenters. The smallest absolute Gasteiger partial charge is 0.347 e. The van der Waals surface area contributed by atoms with Gasteiger partial charge in [0.15, 0.2) is 0 Å². The van der Waals surface area contributed by atoms with Crippen LogP contribution in [0.25, 0.3) is 22.0 Å². The Morgan fingerprint density at radius 2 is 1.76 bits per heavy atom. The topological polar surface area (TPSA) is 51.1 Å². The van der Waals surface area contributed by atoms with Crippen molar-refractivity contribution in [1.29, 1.82) is 0 Å². The van der Waals surface area contributed by atoms with E-state index >= 15 is 4.39 Å². The quantitative estimate of drug-likeness (QED) is 0.343. The number of aryl methyl sites for hydroxylation is 1. The average Bonchev–Trinajstić information content (AvgIpc) is 3.61. The fourth-order valence-electron chi connectivity index (χ4n) is 5.40. The molecule has 1 aromatic heterocycles. The number of nitrogens with one attached hydrogen (secondary N) is 1. The first-order chi connectivity index (χ1) is 17.2. The molecule has 9 heteroatoms. The number of hydrogen-bond donors (Lipinski definition) is 1. The van der Waals surface area contributed by atoms with Gasteiger partial charge in [0.25, 0.3) is 0 Å². The Morgan fingerprint density at radius 3 is 2.41 bits per heavy atom. The van der Waals surface area contributed by atoms with E-state index < -0.39 is 33.3 Å². The Balaban J connectivity index is 1.71. The van der Waals surface area contributed by atoms with Gasteiger partial charge in [-0.15, -0.1) is 0 Å². The van der Waals surface area contributed by atoms with Gasteiger partial charge < -0.3 is 4.57 Å². The Bertz CT molecular complexity index is 1450. The lowest BCUT2D eigenvalue weighted by molar-refractivity contribution is -0.152. The second-order valence-corrected chi connectivity index (χ2v) is 13.6. The number of sulfonamides is 1. The van der Waals surface area contributed by atoms with Crippen molar-refractivity contribution in [3.05, 3.63) is 59.0 Å². The van der Waals surface area contributed by atoms with Gasteiger partial charge in [-0.05, 0) is 72.8 Å². The molecule has 2 aliphatic carbocycles. The second kappa shape index (κ2) is 9.12. The molecule has 1 fully saturated rings. The minimum atomic E-state index is -4.89. The lowest BCUT2D eigenvalue weighted by Crippen LogP contribution is -2.39. The first-order valence-electron chi connectivity index (χ1n) is 12.8. The van der Waals surface area contributed by atoms with Crippen molar-refractivity contribution in [1.82, 2.24) is 9.29 Å². The lowest BCUT2D eigenvalue weighted by Gasteiger charge is -2.22. The van der Waals surface area contributed by atoms with E-state index in [4.69, 9.17) is 0 Å². The van der Waals surface area contributed by atoms with E-state index in [1.807, 2.05) is 37.6 Å². The highest BCUT2D eigenvalue weighted by molar-refractivity contribution is 7.90. The summed E-state index contributed by atoms with van der Waals surface area (Å²) in [7, 11) is -4.16. The van der Waals surface area contributed by atoms with Crippen LogP contribution in [-0.4, -0.2) is 24.4 Å². The number of aromatic nitrogens is 1. The molecule has 1 heterocycles. The summed E-state index contributed by atoms with van der Waals surface area (Å²) in [6, 6.07) is 6.13. The second-order valence-electron chi connectivity index (χ2n) is 11.6. The first kappa shape index (κ1) is 26.2. The highest BCUT2D eigenvalue weighted by atomic mass is 32.2. The lowest BCUT2D eigenvalue weighted by atomic mass is 9.85. The largest absolute Gasteiger partial charge is 0.408 e. The molecule has 0 aliphatic heterocycles. The minimum Gasteiger partial charge on any atom is -0.347 e. The SMILES string of the molecule is CC(C)(C)Cn1cc([C@H](NS(=O)(=O)C2CC2)C(F)(F)F)c2cc(F)c(-c3cccc4c3CCCC4)cc21. The molecule has 2 aliphatic rings. The summed E-state index contributed by atoms with van der Waals surface area (Å²) < 4.78 is 87.3. The molecule has 0 radical (unpaired) electrons. The Morgan fingerprint density at radius 1 is 1.05 bits per heavy atom. The van der Waals surface area contributed by atoms with Crippen LogP contribution in [0.2, 0.25) is 0 Å². The summed E-state index contributed by atoms with van der Waals surface area (Å²) >= 11 is 0. The van der Waals surface area contributed by atoms with Gasteiger partial charge in [-0.25, -0.2) is 12.8 Å². The Labute approximate surface area is 215 Å². The Kier molecular flexibility index (Phi) is 6.46. The Hall–Kier alpha value is -2.39. The molecule has 37 heavy (non-hydrogen) atoms. The summed E-state index contributed by atoms with van der Waals surface area (Å²) in [5.41, 5.74) is 3.28. The van der Waals surface area contributed by atoms with Crippen LogP contribution in [0.1, 0.15) is 69.2 Å².